The molecule has 1 amide bonds. The Balaban J connectivity index is 1.23. The molecule has 1 aliphatic carbocycles. The first-order chi connectivity index (χ1) is 15.5. The fourth-order valence-corrected chi connectivity index (χ4v) is 4.75. The van der Waals surface area contributed by atoms with E-state index in [1.165, 1.54) is 36.6 Å². The van der Waals surface area contributed by atoms with E-state index in [0.717, 1.165) is 42.8 Å². The van der Waals surface area contributed by atoms with Crippen LogP contribution in [-0.2, 0) is 13.1 Å². The monoisotopic (exact) mass is 435 g/mol. The molecule has 1 aromatic carbocycles. The van der Waals surface area contributed by atoms with Crippen molar-refractivity contribution >= 4 is 11.6 Å². The van der Waals surface area contributed by atoms with Crippen molar-refractivity contribution in [1.29, 1.82) is 0 Å². The predicted molar refractivity (Wildman–Crippen MR) is 116 cm³/mol. The molecular weight excluding hydrogens is 409 g/mol. The van der Waals surface area contributed by atoms with E-state index < -0.39 is 5.82 Å². The average Bonchev–Trinajstić information content (AvgIpc) is 3.47. The minimum atomic E-state index is -0.400. The Kier molecular flexibility index (Phi) is 4.64. The Bertz CT molecular complexity index is 1200. The summed E-state index contributed by atoms with van der Waals surface area (Å²) in [7, 11) is 2.08. The van der Waals surface area contributed by atoms with E-state index in [1.54, 1.807) is 4.90 Å². The number of carbonyl (C=O) groups excluding carboxylic acids is 1. The molecule has 7 nitrogen and oxygen atoms in total. The summed E-state index contributed by atoms with van der Waals surface area (Å²) in [6.45, 7) is 2.72. The van der Waals surface area contributed by atoms with Gasteiger partial charge in [-0.2, -0.15) is 5.10 Å². The van der Waals surface area contributed by atoms with E-state index in [-0.39, 0.29) is 12.0 Å². The number of fused-ring (bicyclic) bond motifs is 3. The van der Waals surface area contributed by atoms with Gasteiger partial charge in [-0.05, 0) is 56.3 Å². The minimum absolute atomic E-state index is 0.00982. The van der Waals surface area contributed by atoms with Crippen molar-refractivity contribution in [1.82, 2.24) is 24.4 Å². The molecule has 3 aromatic rings. The standard InChI is InChI=1S/C24H26FN5O2/c1-28-8-6-18(7-9-28)32-22-10-17(25)4-5-19(22)24(31)29-13-20-21(14-29)27-30-12-16(15-2-3-15)11-26-23(20)30/h4-5,10-12,15,18H,2-3,6-9,13-14H2,1H3. The van der Waals surface area contributed by atoms with Gasteiger partial charge in [0, 0.05) is 37.1 Å². The molecular formula is C24H26FN5O2. The fraction of sp³-hybridized carbons (Fsp3) is 0.458. The maximum atomic E-state index is 14.0. The third-order valence-corrected chi connectivity index (χ3v) is 6.83. The van der Waals surface area contributed by atoms with Crippen LogP contribution in [0.3, 0.4) is 0 Å². The number of nitrogens with zero attached hydrogens (tertiary/aromatic N) is 5. The van der Waals surface area contributed by atoms with Crippen LogP contribution in [0.2, 0.25) is 0 Å². The number of halogens is 1. The molecule has 2 aromatic heterocycles. The predicted octanol–water partition coefficient (Wildman–Crippen LogP) is 3.37. The average molecular weight is 436 g/mol. The van der Waals surface area contributed by atoms with Crippen molar-refractivity contribution in [2.45, 2.75) is 50.8 Å². The Morgan fingerprint density at radius 3 is 2.75 bits per heavy atom. The summed E-state index contributed by atoms with van der Waals surface area (Å²) >= 11 is 0. The number of likely N-dealkylation sites (tertiary alicyclic amines) is 1. The van der Waals surface area contributed by atoms with Crippen LogP contribution >= 0.6 is 0 Å². The number of aromatic nitrogens is 3. The zero-order chi connectivity index (χ0) is 21.8. The van der Waals surface area contributed by atoms with Gasteiger partial charge in [0.25, 0.3) is 5.91 Å². The maximum absolute atomic E-state index is 14.0. The second-order valence-electron chi connectivity index (χ2n) is 9.28. The highest BCUT2D eigenvalue weighted by Crippen LogP contribution is 2.40. The molecule has 3 aliphatic rings. The molecule has 2 fully saturated rings. The van der Waals surface area contributed by atoms with E-state index in [0.29, 0.717) is 30.3 Å². The molecule has 1 saturated carbocycles. The highest BCUT2D eigenvalue weighted by molar-refractivity contribution is 5.97. The largest absolute Gasteiger partial charge is 0.489 e. The van der Waals surface area contributed by atoms with Crippen LogP contribution in [0.15, 0.2) is 30.6 Å². The zero-order valence-electron chi connectivity index (χ0n) is 18.1. The second-order valence-corrected chi connectivity index (χ2v) is 9.28. The van der Waals surface area contributed by atoms with Gasteiger partial charge in [0.05, 0.1) is 24.3 Å². The number of piperidine rings is 1. The van der Waals surface area contributed by atoms with E-state index >= 15 is 0 Å². The summed E-state index contributed by atoms with van der Waals surface area (Å²) in [6.07, 6.45) is 8.16. The van der Waals surface area contributed by atoms with Crippen LogP contribution in [-0.4, -0.2) is 56.5 Å². The summed E-state index contributed by atoms with van der Waals surface area (Å²) in [5, 5.41) is 4.69. The molecule has 6 rings (SSSR count). The number of rotatable bonds is 4. The Morgan fingerprint density at radius 2 is 1.97 bits per heavy atom. The third-order valence-electron chi connectivity index (χ3n) is 6.83. The molecule has 8 heteroatoms. The summed E-state index contributed by atoms with van der Waals surface area (Å²) in [6, 6.07) is 4.19. The van der Waals surface area contributed by atoms with Crippen molar-refractivity contribution in [3.8, 4) is 5.75 Å². The molecule has 0 radical (unpaired) electrons. The molecule has 0 bridgehead atoms. The highest BCUT2D eigenvalue weighted by Gasteiger charge is 2.32. The highest BCUT2D eigenvalue weighted by atomic mass is 19.1. The number of hydrogen-bond acceptors (Lipinski definition) is 5. The van der Waals surface area contributed by atoms with E-state index in [1.807, 2.05) is 10.7 Å². The van der Waals surface area contributed by atoms with Gasteiger partial charge in [0.1, 0.15) is 17.7 Å². The van der Waals surface area contributed by atoms with Crippen LogP contribution in [0.25, 0.3) is 5.65 Å². The van der Waals surface area contributed by atoms with Gasteiger partial charge >= 0.3 is 0 Å². The number of carbonyl (C=O) groups is 1. The number of benzene rings is 1. The van der Waals surface area contributed by atoms with E-state index in [2.05, 4.69) is 23.1 Å². The molecule has 32 heavy (non-hydrogen) atoms. The lowest BCUT2D eigenvalue weighted by atomic mass is 10.1. The summed E-state index contributed by atoms with van der Waals surface area (Å²) in [5.41, 5.74) is 4.30. The summed E-state index contributed by atoms with van der Waals surface area (Å²) < 4.78 is 22.0. The first kappa shape index (κ1) is 19.7. The van der Waals surface area contributed by atoms with Gasteiger partial charge in [-0.1, -0.05) is 0 Å². The maximum Gasteiger partial charge on any atom is 0.258 e. The minimum Gasteiger partial charge on any atom is -0.489 e. The van der Waals surface area contributed by atoms with Crippen molar-refractivity contribution in [3.05, 3.63) is 58.8 Å². The van der Waals surface area contributed by atoms with Gasteiger partial charge in [-0.15, -0.1) is 0 Å². The lowest BCUT2D eigenvalue weighted by Gasteiger charge is -2.30. The summed E-state index contributed by atoms with van der Waals surface area (Å²) in [5.74, 6) is 0.377. The van der Waals surface area contributed by atoms with Crippen LogP contribution in [0.1, 0.15) is 58.8 Å². The second kappa shape index (κ2) is 7.55. The lowest BCUT2D eigenvalue weighted by Crippen LogP contribution is -2.36. The van der Waals surface area contributed by atoms with Crippen LogP contribution in [0.4, 0.5) is 4.39 Å². The smallest absolute Gasteiger partial charge is 0.258 e. The summed E-state index contributed by atoms with van der Waals surface area (Å²) in [4.78, 5) is 22.0. The van der Waals surface area contributed by atoms with Gasteiger partial charge < -0.3 is 14.5 Å². The van der Waals surface area contributed by atoms with Crippen molar-refractivity contribution in [3.63, 3.8) is 0 Å². The molecule has 2 aliphatic heterocycles. The number of ether oxygens (including phenoxy) is 1. The lowest BCUT2D eigenvalue weighted by molar-refractivity contribution is 0.0732. The fourth-order valence-electron chi connectivity index (χ4n) is 4.75. The topological polar surface area (TPSA) is 63.0 Å². The van der Waals surface area contributed by atoms with Gasteiger partial charge in [0.2, 0.25) is 0 Å². The molecule has 0 N–H and O–H groups in total. The first-order valence-corrected chi connectivity index (χ1v) is 11.4. The molecule has 0 spiro atoms. The molecule has 166 valence electrons. The quantitative estimate of drug-likeness (QED) is 0.629. The van der Waals surface area contributed by atoms with Gasteiger partial charge in [-0.25, -0.2) is 13.9 Å². The molecule has 1 saturated heterocycles. The van der Waals surface area contributed by atoms with Crippen molar-refractivity contribution in [2.24, 2.45) is 0 Å². The van der Waals surface area contributed by atoms with Gasteiger partial charge in [0.15, 0.2) is 5.65 Å². The Labute approximate surface area is 185 Å². The van der Waals surface area contributed by atoms with Gasteiger partial charge in [-0.3, -0.25) is 4.79 Å². The number of hydrogen-bond donors (Lipinski definition) is 0. The molecule has 0 atom stereocenters. The molecule has 4 heterocycles. The van der Waals surface area contributed by atoms with E-state index in [4.69, 9.17) is 9.84 Å². The molecule has 0 unspecified atom stereocenters. The Morgan fingerprint density at radius 1 is 1.16 bits per heavy atom. The zero-order valence-corrected chi connectivity index (χ0v) is 18.1. The van der Waals surface area contributed by atoms with Crippen LogP contribution < -0.4 is 4.74 Å². The normalized spacial score (nSPS) is 19.5. The van der Waals surface area contributed by atoms with Crippen molar-refractivity contribution in [2.75, 3.05) is 20.1 Å². The van der Waals surface area contributed by atoms with Crippen molar-refractivity contribution < 1.29 is 13.9 Å². The third kappa shape index (κ3) is 3.52. The van der Waals surface area contributed by atoms with Crippen LogP contribution in [0, 0.1) is 5.82 Å². The first-order valence-electron chi connectivity index (χ1n) is 11.4. The SMILES string of the molecule is CN1CCC(Oc2cc(F)ccc2C(=O)N2Cc3nn4cc(C5CC5)cnc4c3C2)CC1. The Hall–Kier alpha value is -3.00. The number of amides is 1. The van der Waals surface area contributed by atoms with E-state index in [9.17, 15) is 9.18 Å². The van der Waals surface area contributed by atoms with Crippen LogP contribution in [0.5, 0.6) is 5.75 Å².